The van der Waals surface area contributed by atoms with Gasteiger partial charge in [0.25, 0.3) is 5.91 Å². The number of benzene rings is 1. The number of hydrogen-bond donors (Lipinski definition) is 2. The predicted octanol–water partition coefficient (Wildman–Crippen LogP) is 1.74. The zero-order valence-corrected chi connectivity index (χ0v) is 15.9. The van der Waals surface area contributed by atoms with Gasteiger partial charge in [0.2, 0.25) is 11.9 Å². The highest BCUT2D eigenvalue weighted by atomic mass is 16.2. The lowest BCUT2D eigenvalue weighted by molar-refractivity contribution is 0.0779. The van der Waals surface area contributed by atoms with Crippen LogP contribution in [0.25, 0.3) is 0 Å². The minimum absolute atomic E-state index is 0.0411. The van der Waals surface area contributed by atoms with Crippen LogP contribution in [-0.4, -0.2) is 39.8 Å². The van der Waals surface area contributed by atoms with E-state index in [-0.39, 0.29) is 11.9 Å². The smallest absolute Gasteiger partial charge is 0.272 e. The second-order valence-corrected chi connectivity index (χ2v) is 7.74. The summed E-state index contributed by atoms with van der Waals surface area (Å²) < 4.78 is 0. The lowest BCUT2D eigenvalue weighted by atomic mass is 9.94. The van der Waals surface area contributed by atoms with E-state index in [1.807, 2.05) is 23.1 Å². The van der Waals surface area contributed by atoms with E-state index in [0.29, 0.717) is 30.3 Å². The minimum Gasteiger partial charge on any atom is -0.368 e. The average Bonchev–Trinajstić information content (AvgIpc) is 3.15. The summed E-state index contributed by atoms with van der Waals surface area (Å²) in [5.74, 6) is 0.0712. The van der Waals surface area contributed by atoms with Gasteiger partial charge in [-0.3, -0.25) is 9.59 Å². The normalized spacial score (nSPS) is 18.7. The van der Waals surface area contributed by atoms with E-state index >= 15 is 0 Å². The third-order valence-corrected chi connectivity index (χ3v) is 5.71. The predicted molar refractivity (Wildman–Crippen MR) is 106 cm³/mol. The zero-order chi connectivity index (χ0) is 19.7. The summed E-state index contributed by atoms with van der Waals surface area (Å²) in [6.07, 6.45) is 5.58. The number of likely N-dealkylation sites (tertiary alicyclic amines) is 1. The maximum atomic E-state index is 13.1. The Kier molecular flexibility index (Phi) is 4.98. The number of anilines is 1. The number of nitrogens with zero attached hydrogens (tertiary/aromatic N) is 3. The van der Waals surface area contributed by atoms with Crippen molar-refractivity contribution in [3.63, 3.8) is 0 Å². The number of hydrogen-bond acceptors (Lipinski definition) is 5. The molecule has 1 atom stereocenters. The first kappa shape index (κ1) is 18.4. The third kappa shape index (κ3) is 3.69. The average molecular weight is 379 g/mol. The second-order valence-electron chi connectivity index (χ2n) is 7.74. The van der Waals surface area contributed by atoms with Crippen LogP contribution in [0.5, 0.6) is 0 Å². The molecule has 1 fully saturated rings. The van der Waals surface area contributed by atoms with Crippen molar-refractivity contribution in [1.29, 1.82) is 0 Å². The van der Waals surface area contributed by atoms with E-state index in [1.54, 1.807) is 6.07 Å². The molecular weight excluding hydrogens is 354 g/mol. The van der Waals surface area contributed by atoms with Crippen LogP contribution in [0.1, 0.15) is 56.9 Å². The largest absolute Gasteiger partial charge is 0.368 e. The topological polar surface area (TPSA) is 115 Å². The standard InChI is InChI=1S/C21H25N5O2/c22-19(27)15-5-3-4-13(11-15)10-14-8-9-26(12-14)20(28)18-16-6-1-2-7-17(16)24-21(23)25-18/h3-5,11,14H,1-2,6-10,12H2,(H2,22,27)(H2,23,24,25)/t14-/m0/s1. The van der Waals surface area contributed by atoms with Crippen LogP contribution in [0.3, 0.4) is 0 Å². The van der Waals surface area contributed by atoms with Gasteiger partial charge in [0, 0.05) is 29.9 Å². The van der Waals surface area contributed by atoms with Crippen LogP contribution < -0.4 is 11.5 Å². The van der Waals surface area contributed by atoms with Gasteiger partial charge in [-0.2, -0.15) is 0 Å². The molecule has 146 valence electrons. The monoisotopic (exact) mass is 379 g/mol. The van der Waals surface area contributed by atoms with Gasteiger partial charge in [-0.1, -0.05) is 12.1 Å². The molecule has 2 heterocycles. The summed E-state index contributed by atoms with van der Waals surface area (Å²) in [5, 5.41) is 0. The lowest BCUT2D eigenvalue weighted by Crippen LogP contribution is -2.32. The van der Waals surface area contributed by atoms with Gasteiger partial charge in [-0.25, -0.2) is 9.97 Å². The summed E-state index contributed by atoms with van der Waals surface area (Å²) in [4.78, 5) is 35.0. The first-order valence-electron chi connectivity index (χ1n) is 9.84. The summed E-state index contributed by atoms with van der Waals surface area (Å²) in [7, 11) is 0. The third-order valence-electron chi connectivity index (χ3n) is 5.71. The van der Waals surface area contributed by atoms with E-state index in [1.165, 1.54) is 0 Å². The SMILES string of the molecule is NC(=O)c1cccc(C[C@@H]2CCN(C(=O)c3nc(N)nc4c3CCCC4)C2)c1. The molecule has 0 radical (unpaired) electrons. The van der Waals surface area contributed by atoms with Gasteiger partial charge in [-0.05, 0) is 62.1 Å². The van der Waals surface area contributed by atoms with E-state index < -0.39 is 5.91 Å². The summed E-state index contributed by atoms with van der Waals surface area (Å²) in [6, 6.07) is 7.41. The molecule has 2 amide bonds. The molecule has 0 bridgehead atoms. The van der Waals surface area contributed by atoms with Crippen molar-refractivity contribution < 1.29 is 9.59 Å². The highest BCUT2D eigenvalue weighted by Gasteiger charge is 2.31. The fourth-order valence-electron chi connectivity index (χ4n) is 4.31. The molecule has 1 aromatic heterocycles. The van der Waals surface area contributed by atoms with Crippen molar-refractivity contribution in [2.24, 2.45) is 11.7 Å². The number of carbonyl (C=O) groups excluding carboxylic acids is 2. The molecule has 4 N–H and O–H groups in total. The molecule has 1 aromatic carbocycles. The minimum atomic E-state index is -0.420. The van der Waals surface area contributed by atoms with E-state index in [2.05, 4.69) is 9.97 Å². The van der Waals surface area contributed by atoms with Gasteiger partial charge in [-0.15, -0.1) is 0 Å². The maximum absolute atomic E-state index is 13.1. The summed E-state index contributed by atoms with van der Waals surface area (Å²) >= 11 is 0. The molecule has 1 aliphatic heterocycles. The molecular formula is C21H25N5O2. The fourth-order valence-corrected chi connectivity index (χ4v) is 4.31. The molecule has 7 nitrogen and oxygen atoms in total. The highest BCUT2D eigenvalue weighted by molar-refractivity contribution is 5.94. The molecule has 0 spiro atoms. The Bertz CT molecular complexity index is 927. The molecule has 1 aliphatic carbocycles. The molecule has 1 saturated heterocycles. The van der Waals surface area contributed by atoms with Crippen LogP contribution >= 0.6 is 0 Å². The molecule has 2 aromatic rings. The van der Waals surface area contributed by atoms with Crippen LogP contribution in [0.15, 0.2) is 24.3 Å². The number of carbonyl (C=O) groups is 2. The zero-order valence-electron chi connectivity index (χ0n) is 15.9. The van der Waals surface area contributed by atoms with Gasteiger partial charge >= 0.3 is 0 Å². The quantitative estimate of drug-likeness (QED) is 0.839. The number of aromatic nitrogens is 2. The Morgan fingerprint density at radius 1 is 1.18 bits per heavy atom. The number of rotatable bonds is 4. The number of primary amides is 1. The molecule has 0 saturated carbocycles. The molecule has 4 rings (SSSR count). The van der Waals surface area contributed by atoms with Crippen LogP contribution in [0, 0.1) is 5.92 Å². The number of nitrogens with two attached hydrogens (primary N) is 2. The fraction of sp³-hybridized carbons (Fsp3) is 0.429. The lowest BCUT2D eigenvalue weighted by Gasteiger charge is -2.21. The maximum Gasteiger partial charge on any atom is 0.272 e. The van der Waals surface area contributed by atoms with Crippen LogP contribution in [0.4, 0.5) is 5.95 Å². The van der Waals surface area contributed by atoms with Crippen LogP contribution in [-0.2, 0) is 19.3 Å². The van der Waals surface area contributed by atoms with Crippen molar-refractivity contribution >= 4 is 17.8 Å². The number of amides is 2. The summed E-state index contributed by atoms with van der Waals surface area (Å²) in [5.41, 5.74) is 15.2. The molecule has 7 heteroatoms. The van der Waals surface area contributed by atoms with Crippen molar-refractivity contribution in [2.75, 3.05) is 18.8 Å². The van der Waals surface area contributed by atoms with Crippen molar-refractivity contribution in [3.05, 3.63) is 52.3 Å². The highest BCUT2D eigenvalue weighted by Crippen LogP contribution is 2.27. The van der Waals surface area contributed by atoms with E-state index in [0.717, 1.165) is 55.3 Å². The van der Waals surface area contributed by atoms with E-state index in [4.69, 9.17) is 11.5 Å². The molecule has 0 unspecified atom stereocenters. The Labute approximate surface area is 164 Å². The van der Waals surface area contributed by atoms with Gasteiger partial charge < -0.3 is 16.4 Å². The van der Waals surface area contributed by atoms with Gasteiger partial charge in [0.15, 0.2) is 0 Å². The van der Waals surface area contributed by atoms with Crippen molar-refractivity contribution in [3.8, 4) is 0 Å². The Morgan fingerprint density at radius 3 is 2.82 bits per heavy atom. The Balaban J connectivity index is 1.47. The van der Waals surface area contributed by atoms with Crippen LogP contribution in [0.2, 0.25) is 0 Å². The first-order chi connectivity index (χ1) is 13.5. The van der Waals surface area contributed by atoms with Gasteiger partial charge in [0.05, 0.1) is 0 Å². The van der Waals surface area contributed by atoms with E-state index in [9.17, 15) is 9.59 Å². The van der Waals surface area contributed by atoms with Crippen molar-refractivity contribution in [1.82, 2.24) is 14.9 Å². The Morgan fingerprint density at radius 2 is 2.00 bits per heavy atom. The Hall–Kier alpha value is -2.96. The number of fused-ring (bicyclic) bond motifs is 1. The summed E-state index contributed by atoms with van der Waals surface area (Å²) in [6.45, 7) is 1.38. The number of nitrogen functional groups attached to an aromatic ring is 1. The van der Waals surface area contributed by atoms with Gasteiger partial charge in [0.1, 0.15) is 5.69 Å². The van der Waals surface area contributed by atoms with Crippen molar-refractivity contribution in [2.45, 2.75) is 38.5 Å². The second kappa shape index (κ2) is 7.58. The molecule has 2 aliphatic rings. The molecule has 28 heavy (non-hydrogen) atoms. The first-order valence-corrected chi connectivity index (χ1v) is 9.84. The number of aryl methyl sites for hydroxylation is 1.